The van der Waals surface area contributed by atoms with Crippen LogP contribution in [0.15, 0.2) is 45.7 Å². The highest BCUT2D eigenvalue weighted by Crippen LogP contribution is 2.21. The average molecular weight is 347 g/mol. The van der Waals surface area contributed by atoms with Crippen molar-refractivity contribution in [2.45, 2.75) is 13.3 Å². The summed E-state index contributed by atoms with van der Waals surface area (Å²) in [5, 5.41) is 8.12. The molecule has 0 aliphatic carbocycles. The molecular formula is C16H12BrFN2O. The Bertz CT molecular complexity index is 889. The second-order valence-corrected chi connectivity index (χ2v) is 5.83. The summed E-state index contributed by atoms with van der Waals surface area (Å²) in [4.78, 5) is 11.8. The minimum Gasteiger partial charge on any atom is -0.267 e. The van der Waals surface area contributed by atoms with E-state index < -0.39 is 0 Å². The third kappa shape index (κ3) is 2.74. The minimum absolute atomic E-state index is 0.200. The Balaban J connectivity index is 2.12. The van der Waals surface area contributed by atoms with E-state index >= 15 is 0 Å². The van der Waals surface area contributed by atoms with Gasteiger partial charge in [-0.05, 0) is 52.7 Å². The summed E-state index contributed by atoms with van der Waals surface area (Å²) < 4.78 is 13.7. The molecule has 0 bridgehead atoms. The maximum Gasteiger partial charge on any atom is 0.272 e. The van der Waals surface area contributed by atoms with Gasteiger partial charge in [-0.25, -0.2) is 9.49 Å². The lowest BCUT2D eigenvalue weighted by Gasteiger charge is -2.07. The fourth-order valence-electron chi connectivity index (χ4n) is 2.31. The molecule has 0 fully saturated rings. The first-order chi connectivity index (χ1) is 10.0. The Kier molecular flexibility index (Phi) is 3.59. The standard InChI is InChI=1S/C16H12BrFN2O/c1-9-2-4-11-12(6-9)15(19-20-16(11)21)8-10-3-5-14(18)13(17)7-10/h2-7H,8H2,1H3,(H,20,21). The normalized spacial score (nSPS) is 11.0. The molecule has 0 spiro atoms. The molecule has 0 aliphatic heterocycles. The van der Waals surface area contributed by atoms with Crippen LogP contribution in [-0.2, 0) is 6.42 Å². The average Bonchev–Trinajstić information content (AvgIpc) is 2.46. The molecule has 0 amide bonds. The van der Waals surface area contributed by atoms with Crippen molar-refractivity contribution >= 4 is 26.7 Å². The zero-order valence-corrected chi connectivity index (χ0v) is 12.9. The molecule has 0 aliphatic rings. The molecule has 5 heteroatoms. The van der Waals surface area contributed by atoms with Gasteiger partial charge >= 0.3 is 0 Å². The monoisotopic (exact) mass is 346 g/mol. The Hall–Kier alpha value is -2.01. The molecule has 1 aromatic heterocycles. The smallest absolute Gasteiger partial charge is 0.267 e. The molecule has 2 aromatic carbocycles. The van der Waals surface area contributed by atoms with Gasteiger partial charge in [0.25, 0.3) is 5.56 Å². The van der Waals surface area contributed by atoms with Crippen molar-refractivity contribution in [2.75, 3.05) is 0 Å². The molecule has 21 heavy (non-hydrogen) atoms. The molecule has 0 radical (unpaired) electrons. The van der Waals surface area contributed by atoms with E-state index in [0.29, 0.717) is 16.3 Å². The molecule has 0 unspecified atom stereocenters. The van der Waals surface area contributed by atoms with Crippen LogP contribution in [0.3, 0.4) is 0 Å². The van der Waals surface area contributed by atoms with Gasteiger partial charge in [0.2, 0.25) is 0 Å². The van der Waals surface area contributed by atoms with Gasteiger partial charge in [0.15, 0.2) is 0 Å². The fourth-order valence-corrected chi connectivity index (χ4v) is 2.74. The van der Waals surface area contributed by atoms with Crippen LogP contribution in [-0.4, -0.2) is 10.2 Å². The maximum atomic E-state index is 13.3. The highest BCUT2D eigenvalue weighted by Gasteiger charge is 2.09. The molecular weight excluding hydrogens is 335 g/mol. The van der Waals surface area contributed by atoms with Crippen LogP contribution in [0.5, 0.6) is 0 Å². The molecule has 3 nitrogen and oxygen atoms in total. The van der Waals surface area contributed by atoms with Crippen molar-refractivity contribution in [2.24, 2.45) is 0 Å². The van der Waals surface area contributed by atoms with Crippen molar-refractivity contribution in [1.29, 1.82) is 0 Å². The van der Waals surface area contributed by atoms with E-state index in [-0.39, 0.29) is 11.4 Å². The predicted octanol–water partition coefficient (Wildman–Crippen LogP) is 3.72. The first-order valence-electron chi connectivity index (χ1n) is 6.46. The number of nitrogens with zero attached hydrogens (tertiary/aromatic N) is 1. The van der Waals surface area contributed by atoms with Crippen LogP contribution in [0.1, 0.15) is 16.8 Å². The fraction of sp³-hybridized carbons (Fsp3) is 0.125. The number of aromatic nitrogens is 2. The van der Waals surface area contributed by atoms with Crippen molar-refractivity contribution in [1.82, 2.24) is 10.2 Å². The van der Waals surface area contributed by atoms with Crippen molar-refractivity contribution < 1.29 is 4.39 Å². The third-order valence-corrected chi connectivity index (χ3v) is 3.99. The lowest BCUT2D eigenvalue weighted by molar-refractivity contribution is 0.620. The van der Waals surface area contributed by atoms with Crippen LogP contribution in [0.25, 0.3) is 10.8 Å². The second kappa shape index (κ2) is 5.41. The van der Waals surface area contributed by atoms with Gasteiger partial charge in [-0.1, -0.05) is 17.7 Å². The first kappa shape index (κ1) is 13.9. The summed E-state index contributed by atoms with van der Waals surface area (Å²) in [5.41, 5.74) is 2.56. The van der Waals surface area contributed by atoms with Crippen LogP contribution >= 0.6 is 15.9 Å². The lowest BCUT2D eigenvalue weighted by atomic mass is 10.0. The molecule has 1 heterocycles. The zero-order chi connectivity index (χ0) is 15.0. The van der Waals surface area contributed by atoms with Gasteiger partial charge in [-0.3, -0.25) is 4.79 Å². The number of nitrogens with one attached hydrogen (secondary N) is 1. The van der Waals surface area contributed by atoms with Gasteiger partial charge in [-0.15, -0.1) is 0 Å². The Labute approximate surface area is 129 Å². The number of H-pyrrole nitrogens is 1. The largest absolute Gasteiger partial charge is 0.272 e. The molecule has 0 saturated heterocycles. The van der Waals surface area contributed by atoms with Crippen molar-refractivity contribution in [3.05, 3.63) is 73.9 Å². The van der Waals surface area contributed by atoms with Gasteiger partial charge in [0.05, 0.1) is 15.6 Å². The van der Waals surface area contributed by atoms with E-state index in [2.05, 4.69) is 26.1 Å². The number of fused-ring (bicyclic) bond motifs is 1. The van der Waals surface area contributed by atoms with Crippen LogP contribution in [0, 0.1) is 12.7 Å². The molecule has 3 aromatic rings. The Morgan fingerprint density at radius 3 is 2.76 bits per heavy atom. The number of hydrogen-bond acceptors (Lipinski definition) is 2. The van der Waals surface area contributed by atoms with E-state index in [1.54, 1.807) is 18.2 Å². The minimum atomic E-state index is -0.297. The SMILES string of the molecule is Cc1ccc2c(=O)[nH]nc(Cc3ccc(F)c(Br)c3)c2c1. The number of aromatic amines is 1. The summed E-state index contributed by atoms with van der Waals surface area (Å²) in [6.07, 6.45) is 0.523. The second-order valence-electron chi connectivity index (χ2n) is 4.97. The molecule has 0 atom stereocenters. The predicted molar refractivity (Wildman–Crippen MR) is 84.0 cm³/mol. The summed E-state index contributed by atoms with van der Waals surface area (Å²) in [6.45, 7) is 1.97. The number of benzene rings is 2. The van der Waals surface area contributed by atoms with Crippen LogP contribution < -0.4 is 5.56 Å². The summed E-state index contributed by atoms with van der Waals surface area (Å²) in [7, 11) is 0. The van der Waals surface area contributed by atoms with Gasteiger partial charge < -0.3 is 0 Å². The number of rotatable bonds is 2. The van der Waals surface area contributed by atoms with E-state index in [4.69, 9.17) is 0 Å². The van der Waals surface area contributed by atoms with E-state index in [1.807, 2.05) is 19.1 Å². The molecule has 0 saturated carbocycles. The summed E-state index contributed by atoms with van der Waals surface area (Å²) in [5.74, 6) is -0.297. The number of hydrogen-bond donors (Lipinski definition) is 1. The zero-order valence-electron chi connectivity index (χ0n) is 11.3. The Morgan fingerprint density at radius 2 is 2.00 bits per heavy atom. The summed E-state index contributed by atoms with van der Waals surface area (Å²) >= 11 is 3.18. The quantitative estimate of drug-likeness (QED) is 0.768. The molecule has 106 valence electrons. The number of aryl methyl sites for hydroxylation is 1. The van der Waals surface area contributed by atoms with Crippen LogP contribution in [0.4, 0.5) is 4.39 Å². The highest BCUT2D eigenvalue weighted by molar-refractivity contribution is 9.10. The van der Waals surface area contributed by atoms with E-state index in [9.17, 15) is 9.18 Å². The first-order valence-corrected chi connectivity index (χ1v) is 7.26. The third-order valence-electron chi connectivity index (χ3n) is 3.38. The van der Waals surface area contributed by atoms with Crippen molar-refractivity contribution in [3.63, 3.8) is 0 Å². The Morgan fingerprint density at radius 1 is 1.19 bits per heavy atom. The van der Waals surface area contributed by atoms with E-state index in [1.165, 1.54) is 6.07 Å². The van der Waals surface area contributed by atoms with Gasteiger partial charge in [0.1, 0.15) is 5.82 Å². The topological polar surface area (TPSA) is 45.8 Å². The summed E-state index contributed by atoms with van der Waals surface area (Å²) in [6, 6.07) is 10.5. The molecule has 3 rings (SSSR count). The number of halogens is 2. The van der Waals surface area contributed by atoms with Crippen LogP contribution in [0.2, 0.25) is 0 Å². The van der Waals surface area contributed by atoms with Gasteiger partial charge in [0, 0.05) is 11.8 Å². The lowest BCUT2D eigenvalue weighted by Crippen LogP contribution is -2.11. The molecule has 1 N–H and O–H groups in total. The van der Waals surface area contributed by atoms with Gasteiger partial charge in [-0.2, -0.15) is 5.10 Å². The van der Waals surface area contributed by atoms with E-state index in [0.717, 1.165) is 22.2 Å². The maximum absolute atomic E-state index is 13.3. The van der Waals surface area contributed by atoms with Crippen molar-refractivity contribution in [3.8, 4) is 0 Å². The highest BCUT2D eigenvalue weighted by atomic mass is 79.9.